The maximum atomic E-state index is 13.9. The fraction of sp³-hybridized carbons (Fsp3) is 0.154. The van der Waals surface area contributed by atoms with E-state index >= 15 is 0 Å². The Labute approximate surface area is 190 Å². The molecule has 5 nitrogen and oxygen atoms in total. The number of nitrogens with one attached hydrogen (secondary N) is 1. The van der Waals surface area contributed by atoms with Crippen LogP contribution in [0.1, 0.15) is 23.6 Å². The summed E-state index contributed by atoms with van der Waals surface area (Å²) in [6.07, 6.45) is 0. The van der Waals surface area contributed by atoms with Crippen LogP contribution in [0.2, 0.25) is 0 Å². The summed E-state index contributed by atoms with van der Waals surface area (Å²) < 4.78 is 33.1. The predicted octanol–water partition coefficient (Wildman–Crippen LogP) is 5.38. The van der Waals surface area contributed by atoms with Crippen molar-refractivity contribution < 1.29 is 23.1 Å². The molecule has 0 aliphatic carbocycles. The maximum Gasteiger partial charge on any atom is 0.282 e. The summed E-state index contributed by atoms with van der Waals surface area (Å²) in [5, 5.41) is 3.07. The van der Waals surface area contributed by atoms with Gasteiger partial charge in [-0.05, 0) is 56.2 Å². The van der Waals surface area contributed by atoms with E-state index in [4.69, 9.17) is 4.74 Å². The van der Waals surface area contributed by atoms with Gasteiger partial charge in [0.1, 0.15) is 11.4 Å². The monoisotopic (exact) mass is 448 g/mol. The van der Waals surface area contributed by atoms with Gasteiger partial charge in [0, 0.05) is 6.07 Å². The molecule has 33 heavy (non-hydrogen) atoms. The lowest BCUT2D eigenvalue weighted by atomic mass is 9.97. The molecular weight excluding hydrogens is 426 g/mol. The zero-order chi connectivity index (χ0) is 23.7. The Morgan fingerprint density at radius 1 is 0.909 bits per heavy atom. The van der Waals surface area contributed by atoms with Crippen molar-refractivity contribution in [2.45, 2.75) is 20.8 Å². The molecule has 0 saturated heterocycles. The normalized spacial score (nSPS) is 13.7. The highest BCUT2D eigenvalue weighted by Crippen LogP contribution is 2.37. The third kappa shape index (κ3) is 4.09. The molecule has 0 fully saturated rings. The van der Waals surface area contributed by atoms with Crippen LogP contribution in [0.3, 0.4) is 0 Å². The molecule has 4 rings (SSSR count). The van der Waals surface area contributed by atoms with Gasteiger partial charge in [0.05, 0.1) is 23.6 Å². The largest absolute Gasteiger partial charge is 0.492 e. The first-order valence-electron chi connectivity index (χ1n) is 10.5. The summed E-state index contributed by atoms with van der Waals surface area (Å²) in [6.45, 7) is 6.03. The fourth-order valence-corrected chi connectivity index (χ4v) is 3.83. The van der Waals surface area contributed by atoms with Crippen molar-refractivity contribution >= 4 is 28.8 Å². The molecule has 2 amide bonds. The number of hydrogen-bond acceptors (Lipinski definition) is 4. The van der Waals surface area contributed by atoms with Crippen LogP contribution in [0.25, 0.3) is 5.57 Å². The molecule has 0 atom stereocenters. The average Bonchev–Trinajstić information content (AvgIpc) is 3.01. The first kappa shape index (κ1) is 22.2. The number of imide groups is 1. The van der Waals surface area contributed by atoms with Gasteiger partial charge in [-0.15, -0.1) is 0 Å². The van der Waals surface area contributed by atoms with Crippen molar-refractivity contribution in [3.63, 3.8) is 0 Å². The topological polar surface area (TPSA) is 58.6 Å². The van der Waals surface area contributed by atoms with E-state index in [1.54, 1.807) is 30.3 Å². The highest BCUT2D eigenvalue weighted by atomic mass is 19.2. The Morgan fingerprint density at radius 3 is 2.36 bits per heavy atom. The third-order valence-corrected chi connectivity index (χ3v) is 5.34. The Bertz CT molecular complexity index is 1300. The molecule has 7 heteroatoms. The minimum Gasteiger partial charge on any atom is -0.492 e. The molecule has 3 aromatic rings. The van der Waals surface area contributed by atoms with E-state index in [9.17, 15) is 18.4 Å². The number of amides is 2. The molecule has 3 aromatic carbocycles. The van der Waals surface area contributed by atoms with Crippen molar-refractivity contribution in [1.29, 1.82) is 0 Å². The summed E-state index contributed by atoms with van der Waals surface area (Å²) in [6, 6.07) is 15.5. The Hall–Kier alpha value is -4.00. The Morgan fingerprint density at radius 2 is 1.67 bits per heavy atom. The lowest BCUT2D eigenvalue weighted by Gasteiger charge is -2.16. The van der Waals surface area contributed by atoms with Crippen molar-refractivity contribution in [1.82, 2.24) is 0 Å². The number of aryl methyl sites for hydroxylation is 2. The second-order valence-electron chi connectivity index (χ2n) is 7.67. The summed E-state index contributed by atoms with van der Waals surface area (Å²) >= 11 is 0. The minimum atomic E-state index is -1.15. The van der Waals surface area contributed by atoms with Crippen molar-refractivity contribution in [3.8, 4) is 5.75 Å². The van der Waals surface area contributed by atoms with Crippen molar-refractivity contribution in [2.75, 3.05) is 16.8 Å². The van der Waals surface area contributed by atoms with Gasteiger partial charge in [0.25, 0.3) is 11.8 Å². The van der Waals surface area contributed by atoms with Gasteiger partial charge in [-0.2, -0.15) is 0 Å². The van der Waals surface area contributed by atoms with E-state index in [1.165, 1.54) is 6.07 Å². The molecular formula is C26H22F2N2O3. The first-order valence-corrected chi connectivity index (χ1v) is 10.5. The zero-order valence-corrected chi connectivity index (χ0v) is 18.4. The minimum absolute atomic E-state index is 0.0313. The second-order valence-corrected chi connectivity index (χ2v) is 7.67. The van der Waals surface area contributed by atoms with E-state index in [-0.39, 0.29) is 17.0 Å². The van der Waals surface area contributed by atoms with Gasteiger partial charge in [0.2, 0.25) is 0 Å². The van der Waals surface area contributed by atoms with Crippen LogP contribution in [-0.4, -0.2) is 18.4 Å². The highest BCUT2D eigenvalue weighted by Gasteiger charge is 2.41. The molecule has 1 aliphatic rings. The number of carbonyl (C=O) groups is 2. The number of nitrogens with zero attached hydrogens (tertiary/aromatic N) is 1. The van der Waals surface area contributed by atoms with Gasteiger partial charge in [0.15, 0.2) is 11.6 Å². The van der Waals surface area contributed by atoms with Crippen LogP contribution in [0.15, 0.2) is 66.4 Å². The molecule has 1 heterocycles. The number of rotatable bonds is 6. The van der Waals surface area contributed by atoms with Gasteiger partial charge in [-0.1, -0.05) is 35.9 Å². The van der Waals surface area contributed by atoms with Crippen molar-refractivity contribution in [3.05, 3.63) is 94.7 Å². The maximum absolute atomic E-state index is 13.9. The van der Waals surface area contributed by atoms with Crippen LogP contribution in [-0.2, 0) is 9.59 Å². The standard InChI is InChI=1S/C26H22F2N2O3/c1-4-33-22-8-6-5-7-21(22)29-24-23(18-11-9-15(2)13-16(18)3)25(31)30(26(24)32)17-10-12-19(27)20(28)14-17/h5-14,29H,4H2,1-3H3. The molecule has 168 valence electrons. The molecule has 0 aromatic heterocycles. The Balaban J connectivity index is 1.87. The second kappa shape index (κ2) is 8.86. The number of hydrogen-bond donors (Lipinski definition) is 1. The lowest BCUT2D eigenvalue weighted by Crippen LogP contribution is -2.32. The molecule has 0 unspecified atom stereocenters. The lowest BCUT2D eigenvalue weighted by molar-refractivity contribution is -0.120. The van der Waals surface area contributed by atoms with E-state index in [1.807, 2.05) is 32.9 Å². The number of anilines is 2. The first-order chi connectivity index (χ1) is 15.8. The molecule has 0 saturated carbocycles. The predicted molar refractivity (Wildman–Crippen MR) is 123 cm³/mol. The van der Waals surface area contributed by atoms with Gasteiger partial charge in [-0.25, -0.2) is 13.7 Å². The summed E-state index contributed by atoms with van der Waals surface area (Å²) in [7, 11) is 0. The van der Waals surface area contributed by atoms with Crippen LogP contribution in [0.5, 0.6) is 5.75 Å². The number of para-hydroxylation sites is 2. The van der Waals surface area contributed by atoms with E-state index < -0.39 is 23.4 Å². The van der Waals surface area contributed by atoms with Crippen LogP contribution < -0.4 is 15.0 Å². The summed E-state index contributed by atoms with van der Waals surface area (Å²) in [5.41, 5.74) is 3.00. The molecule has 0 radical (unpaired) electrons. The van der Waals surface area contributed by atoms with Crippen molar-refractivity contribution in [2.24, 2.45) is 0 Å². The smallest absolute Gasteiger partial charge is 0.282 e. The quantitative estimate of drug-likeness (QED) is 0.515. The SMILES string of the molecule is CCOc1ccccc1NC1=C(c2ccc(C)cc2C)C(=O)N(c2ccc(F)c(F)c2)C1=O. The van der Waals surface area contributed by atoms with Gasteiger partial charge in [-0.3, -0.25) is 9.59 Å². The molecule has 0 spiro atoms. The molecule has 1 aliphatic heterocycles. The van der Waals surface area contributed by atoms with Gasteiger partial charge >= 0.3 is 0 Å². The average molecular weight is 448 g/mol. The highest BCUT2D eigenvalue weighted by molar-refractivity contribution is 6.46. The number of halogens is 2. The van der Waals surface area contributed by atoms with Crippen LogP contribution in [0.4, 0.5) is 20.2 Å². The number of ether oxygens (including phenoxy) is 1. The van der Waals surface area contributed by atoms with Crippen LogP contribution >= 0.6 is 0 Å². The third-order valence-electron chi connectivity index (χ3n) is 5.34. The summed E-state index contributed by atoms with van der Waals surface area (Å²) in [5.74, 6) is -3.01. The number of benzene rings is 3. The van der Waals surface area contributed by atoms with E-state index in [0.717, 1.165) is 28.2 Å². The van der Waals surface area contributed by atoms with Gasteiger partial charge < -0.3 is 10.1 Å². The van der Waals surface area contributed by atoms with E-state index in [0.29, 0.717) is 23.6 Å². The summed E-state index contributed by atoms with van der Waals surface area (Å²) in [4.78, 5) is 27.8. The Kier molecular flexibility index (Phi) is 5.96. The number of carbonyl (C=O) groups excluding carboxylic acids is 2. The van der Waals surface area contributed by atoms with E-state index in [2.05, 4.69) is 5.32 Å². The zero-order valence-electron chi connectivity index (χ0n) is 18.4. The fourth-order valence-electron chi connectivity index (χ4n) is 3.83. The molecule has 1 N–H and O–H groups in total. The molecule has 0 bridgehead atoms. The van der Waals surface area contributed by atoms with Crippen LogP contribution in [0, 0.1) is 25.5 Å².